The molecule has 0 spiro atoms. The topological polar surface area (TPSA) is 67.2 Å². The second-order valence-electron chi connectivity index (χ2n) is 5.39. The van der Waals surface area contributed by atoms with Crippen LogP contribution in [0.2, 0.25) is 0 Å². The Kier molecular flexibility index (Phi) is 4.03. The van der Waals surface area contributed by atoms with Gasteiger partial charge in [0.25, 0.3) is 0 Å². The zero-order valence-electron chi connectivity index (χ0n) is 11.6. The Hall–Kier alpha value is -1.64. The first-order chi connectivity index (χ1) is 8.98. The molecule has 0 aliphatic carbocycles. The fourth-order valence-electron chi connectivity index (χ4n) is 2.12. The second kappa shape index (κ2) is 5.55. The zero-order valence-corrected chi connectivity index (χ0v) is 11.6. The molecule has 1 N–H and O–H groups in total. The molecule has 2 heterocycles. The van der Waals surface area contributed by atoms with Crippen molar-refractivity contribution in [3.8, 4) is 11.9 Å². The van der Waals surface area contributed by atoms with E-state index in [0.717, 1.165) is 18.8 Å². The number of nitrogens with one attached hydrogen (secondary N) is 1. The molecule has 1 aliphatic rings. The molecule has 1 atom stereocenters. The van der Waals surface area contributed by atoms with Crippen LogP contribution in [0.5, 0.6) is 5.88 Å². The summed E-state index contributed by atoms with van der Waals surface area (Å²) in [4.78, 5) is 4.25. The molecule has 5 heteroatoms. The van der Waals surface area contributed by atoms with E-state index in [0.29, 0.717) is 18.1 Å². The molecule has 0 aromatic carbocycles. The van der Waals surface area contributed by atoms with Gasteiger partial charge in [-0.15, -0.1) is 0 Å². The predicted octanol–water partition coefficient (Wildman–Crippen LogP) is 1.41. The molecule has 5 nitrogen and oxygen atoms in total. The molecular weight excluding hydrogens is 242 g/mol. The summed E-state index contributed by atoms with van der Waals surface area (Å²) in [6, 6.07) is 5.47. The molecule has 1 aromatic heterocycles. The molecule has 1 aliphatic heterocycles. The van der Waals surface area contributed by atoms with Crippen molar-refractivity contribution in [3.05, 3.63) is 23.4 Å². The fraction of sp³-hybridized carbons (Fsp3) is 0.571. The van der Waals surface area contributed by atoms with Gasteiger partial charge in [-0.05, 0) is 26.8 Å². The number of hydrogen-bond acceptors (Lipinski definition) is 5. The minimum Gasteiger partial charge on any atom is -0.475 e. The molecule has 0 radical (unpaired) electrons. The molecule has 0 bridgehead atoms. The van der Waals surface area contributed by atoms with Crippen LogP contribution in [-0.2, 0) is 4.74 Å². The van der Waals surface area contributed by atoms with E-state index in [9.17, 15) is 0 Å². The van der Waals surface area contributed by atoms with Gasteiger partial charge in [-0.25, -0.2) is 4.98 Å². The van der Waals surface area contributed by atoms with E-state index in [1.165, 1.54) is 0 Å². The van der Waals surface area contributed by atoms with Crippen LogP contribution in [0.15, 0.2) is 12.1 Å². The Morgan fingerprint density at radius 3 is 3.05 bits per heavy atom. The van der Waals surface area contributed by atoms with Gasteiger partial charge in [0.2, 0.25) is 5.88 Å². The number of pyridine rings is 1. The quantitative estimate of drug-likeness (QED) is 0.891. The van der Waals surface area contributed by atoms with Crippen molar-refractivity contribution in [1.82, 2.24) is 10.3 Å². The van der Waals surface area contributed by atoms with Crippen LogP contribution in [0, 0.1) is 18.3 Å². The van der Waals surface area contributed by atoms with Crippen molar-refractivity contribution in [1.29, 1.82) is 5.26 Å². The van der Waals surface area contributed by atoms with Gasteiger partial charge in [-0.3, -0.25) is 0 Å². The summed E-state index contributed by atoms with van der Waals surface area (Å²) < 4.78 is 11.5. The lowest BCUT2D eigenvalue weighted by Gasteiger charge is -2.36. The van der Waals surface area contributed by atoms with Crippen molar-refractivity contribution >= 4 is 0 Å². The van der Waals surface area contributed by atoms with Gasteiger partial charge in [0, 0.05) is 24.8 Å². The Labute approximate surface area is 113 Å². The van der Waals surface area contributed by atoms with Gasteiger partial charge in [0.05, 0.1) is 17.2 Å². The molecule has 1 fully saturated rings. The van der Waals surface area contributed by atoms with E-state index in [1.807, 2.05) is 20.8 Å². The summed E-state index contributed by atoms with van der Waals surface area (Å²) in [6.45, 7) is 7.97. The number of rotatable bonds is 3. The van der Waals surface area contributed by atoms with Crippen LogP contribution in [0.1, 0.15) is 25.1 Å². The third-order valence-electron chi connectivity index (χ3n) is 2.88. The zero-order chi connectivity index (χ0) is 13.9. The number of hydrogen-bond donors (Lipinski definition) is 1. The van der Waals surface area contributed by atoms with Crippen LogP contribution in [0.4, 0.5) is 0 Å². The molecule has 1 saturated heterocycles. The highest BCUT2D eigenvalue weighted by Gasteiger charge is 2.28. The van der Waals surface area contributed by atoms with Gasteiger partial charge in [0.15, 0.2) is 0 Å². The predicted molar refractivity (Wildman–Crippen MR) is 71.0 cm³/mol. The molecule has 1 aromatic rings. The Bertz CT molecular complexity index is 494. The molecule has 1 unspecified atom stereocenters. The van der Waals surface area contributed by atoms with Gasteiger partial charge in [0.1, 0.15) is 12.7 Å². The highest BCUT2D eigenvalue weighted by atomic mass is 16.6. The lowest BCUT2D eigenvalue weighted by Crippen LogP contribution is -2.52. The summed E-state index contributed by atoms with van der Waals surface area (Å²) >= 11 is 0. The van der Waals surface area contributed by atoms with Crippen molar-refractivity contribution in [3.63, 3.8) is 0 Å². The molecular formula is C14H19N3O2. The van der Waals surface area contributed by atoms with Gasteiger partial charge in [-0.1, -0.05) is 0 Å². The lowest BCUT2D eigenvalue weighted by molar-refractivity contribution is -0.107. The smallest absolute Gasteiger partial charge is 0.214 e. The normalized spacial score (nSPS) is 21.7. The van der Waals surface area contributed by atoms with Crippen molar-refractivity contribution in [2.24, 2.45) is 0 Å². The van der Waals surface area contributed by atoms with E-state index in [4.69, 9.17) is 14.7 Å². The highest BCUT2D eigenvalue weighted by molar-refractivity contribution is 5.34. The maximum Gasteiger partial charge on any atom is 0.214 e. The first-order valence-electron chi connectivity index (χ1n) is 6.39. The van der Waals surface area contributed by atoms with E-state index in [-0.39, 0.29) is 11.7 Å². The molecule has 0 amide bonds. The lowest BCUT2D eigenvalue weighted by atomic mass is 10.1. The van der Waals surface area contributed by atoms with E-state index < -0.39 is 0 Å². The number of nitrogens with zero attached hydrogens (tertiary/aromatic N) is 2. The third-order valence-corrected chi connectivity index (χ3v) is 2.88. The minimum atomic E-state index is -0.176. The van der Waals surface area contributed by atoms with Crippen molar-refractivity contribution < 1.29 is 9.47 Å². The van der Waals surface area contributed by atoms with Gasteiger partial charge in [-0.2, -0.15) is 5.26 Å². The maximum atomic E-state index is 8.90. The highest BCUT2D eigenvalue weighted by Crippen LogP contribution is 2.17. The first-order valence-corrected chi connectivity index (χ1v) is 6.39. The summed E-state index contributed by atoms with van der Waals surface area (Å²) in [5.74, 6) is 0.475. The summed E-state index contributed by atoms with van der Waals surface area (Å²) in [5.41, 5.74) is 1.16. The molecule has 2 rings (SSSR count). The van der Waals surface area contributed by atoms with Crippen molar-refractivity contribution in [2.45, 2.75) is 32.5 Å². The monoisotopic (exact) mass is 261 g/mol. The standard InChI is InChI=1S/C14H19N3O2/c1-10-4-11(6-15)5-13(17-10)18-8-12-7-16-9-14(2,3)19-12/h4-5,12,16H,7-9H2,1-3H3. The molecule has 0 saturated carbocycles. The first kappa shape index (κ1) is 13.8. The van der Waals surface area contributed by atoms with E-state index in [2.05, 4.69) is 16.4 Å². The Morgan fingerprint density at radius 2 is 2.37 bits per heavy atom. The average Bonchev–Trinajstić information content (AvgIpc) is 2.34. The summed E-state index contributed by atoms with van der Waals surface area (Å²) in [5, 5.41) is 12.2. The molecule has 102 valence electrons. The number of aryl methyl sites for hydroxylation is 1. The summed E-state index contributed by atoms with van der Waals surface area (Å²) in [7, 11) is 0. The number of morpholine rings is 1. The fourth-order valence-corrected chi connectivity index (χ4v) is 2.12. The van der Waals surface area contributed by atoms with Gasteiger partial charge < -0.3 is 14.8 Å². The van der Waals surface area contributed by atoms with Crippen LogP contribution < -0.4 is 10.1 Å². The molecule has 19 heavy (non-hydrogen) atoms. The van der Waals surface area contributed by atoms with E-state index >= 15 is 0 Å². The number of nitriles is 1. The van der Waals surface area contributed by atoms with Crippen LogP contribution >= 0.6 is 0 Å². The van der Waals surface area contributed by atoms with Crippen LogP contribution in [0.25, 0.3) is 0 Å². The van der Waals surface area contributed by atoms with E-state index in [1.54, 1.807) is 12.1 Å². The van der Waals surface area contributed by atoms with Crippen molar-refractivity contribution in [2.75, 3.05) is 19.7 Å². The number of aromatic nitrogens is 1. The Balaban J connectivity index is 1.95. The van der Waals surface area contributed by atoms with Crippen LogP contribution in [0.3, 0.4) is 0 Å². The maximum absolute atomic E-state index is 8.90. The second-order valence-corrected chi connectivity index (χ2v) is 5.39. The van der Waals surface area contributed by atoms with Gasteiger partial charge >= 0.3 is 0 Å². The minimum absolute atomic E-state index is 0.00315. The van der Waals surface area contributed by atoms with Crippen LogP contribution in [-0.4, -0.2) is 36.4 Å². The average molecular weight is 261 g/mol. The Morgan fingerprint density at radius 1 is 1.58 bits per heavy atom. The SMILES string of the molecule is Cc1cc(C#N)cc(OCC2CNCC(C)(C)O2)n1. The number of ether oxygens (including phenoxy) is 2. The summed E-state index contributed by atoms with van der Waals surface area (Å²) in [6.07, 6.45) is -0.00315. The largest absolute Gasteiger partial charge is 0.475 e. The third kappa shape index (κ3) is 3.91.